The highest BCUT2D eigenvalue weighted by molar-refractivity contribution is 7.90. The van der Waals surface area contributed by atoms with Crippen molar-refractivity contribution in [3.8, 4) is 11.3 Å². The van der Waals surface area contributed by atoms with Crippen LogP contribution in [0.1, 0.15) is 31.7 Å². The van der Waals surface area contributed by atoms with Crippen molar-refractivity contribution in [1.29, 1.82) is 0 Å². The van der Waals surface area contributed by atoms with Gasteiger partial charge in [-0.1, -0.05) is 50.1 Å². The molecule has 2 aromatic carbocycles. The summed E-state index contributed by atoms with van der Waals surface area (Å²) in [5.74, 6) is -0.0749. The first-order valence-corrected chi connectivity index (χ1v) is 13.0. The number of benzene rings is 2. The van der Waals surface area contributed by atoms with E-state index in [9.17, 15) is 13.2 Å². The first-order valence-electron chi connectivity index (χ1n) is 11.5. The van der Waals surface area contributed by atoms with Crippen molar-refractivity contribution < 1.29 is 13.2 Å². The highest BCUT2D eigenvalue weighted by Gasteiger charge is 2.31. The van der Waals surface area contributed by atoms with Crippen molar-refractivity contribution >= 4 is 33.1 Å². The lowest BCUT2D eigenvalue weighted by Gasteiger charge is -2.14. The zero-order chi connectivity index (χ0) is 24.4. The lowest BCUT2D eigenvalue weighted by Crippen LogP contribution is -2.30. The zero-order valence-corrected chi connectivity index (χ0v) is 20.0. The van der Waals surface area contributed by atoms with Crippen LogP contribution in [0.4, 0.5) is 5.69 Å². The Balaban J connectivity index is 1.36. The van der Waals surface area contributed by atoms with Crippen LogP contribution in [0.5, 0.6) is 0 Å². The lowest BCUT2D eigenvalue weighted by molar-refractivity contribution is -0.117. The van der Waals surface area contributed by atoms with E-state index in [0.29, 0.717) is 17.7 Å². The molecule has 0 aliphatic carbocycles. The molecule has 1 amide bonds. The fourth-order valence-electron chi connectivity index (χ4n) is 4.06. The van der Waals surface area contributed by atoms with Crippen molar-refractivity contribution in [3.05, 3.63) is 84.7 Å². The SMILES string of the molecule is CCCCC(N=C1NS(=O)(=O)c2ccccc21)C(=O)Nc1ccc(-c2cn3ccccc3n2)cc1. The number of unbranched alkanes of at least 4 members (excludes halogenated alkanes) is 1. The fraction of sp³-hybridized carbons (Fsp3) is 0.192. The number of sulfonamides is 1. The average Bonchev–Trinajstić information content (AvgIpc) is 3.41. The molecule has 4 aromatic rings. The molecule has 0 saturated heterocycles. The van der Waals surface area contributed by atoms with Gasteiger partial charge in [-0.3, -0.25) is 14.5 Å². The summed E-state index contributed by atoms with van der Waals surface area (Å²) in [7, 11) is -3.67. The minimum absolute atomic E-state index is 0.177. The Kier molecular flexibility index (Phi) is 6.08. The number of rotatable bonds is 7. The Bertz CT molecular complexity index is 1490. The molecule has 8 nitrogen and oxygen atoms in total. The number of carbonyl (C=O) groups is 1. The van der Waals surface area contributed by atoms with Crippen molar-refractivity contribution in [1.82, 2.24) is 14.1 Å². The summed E-state index contributed by atoms with van der Waals surface area (Å²) in [4.78, 5) is 22.5. The number of aromatic nitrogens is 2. The van der Waals surface area contributed by atoms with Crippen LogP contribution in [-0.4, -0.2) is 35.6 Å². The number of imidazole rings is 1. The third-order valence-corrected chi connectivity index (χ3v) is 7.29. The molecular weight excluding hydrogens is 462 g/mol. The maximum Gasteiger partial charge on any atom is 0.263 e. The van der Waals surface area contributed by atoms with Crippen LogP contribution in [0, 0.1) is 0 Å². The molecule has 1 aliphatic rings. The molecule has 35 heavy (non-hydrogen) atoms. The van der Waals surface area contributed by atoms with Gasteiger partial charge < -0.3 is 9.72 Å². The number of amidine groups is 1. The Hall–Kier alpha value is -3.98. The van der Waals surface area contributed by atoms with Gasteiger partial charge >= 0.3 is 0 Å². The van der Waals surface area contributed by atoms with Crippen LogP contribution in [0.15, 0.2) is 89.0 Å². The summed E-state index contributed by atoms with van der Waals surface area (Å²) in [6, 6.07) is 19.2. The minimum atomic E-state index is -3.67. The predicted molar refractivity (Wildman–Crippen MR) is 136 cm³/mol. The van der Waals surface area contributed by atoms with Crippen molar-refractivity contribution in [2.24, 2.45) is 4.99 Å². The minimum Gasteiger partial charge on any atom is -0.324 e. The molecule has 0 fully saturated rings. The Labute approximate surface area is 203 Å². The summed E-state index contributed by atoms with van der Waals surface area (Å²) in [5, 5.41) is 2.93. The van der Waals surface area contributed by atoms with Gasteiger partial charge in [0.1, 0.15) is 17.5 Å². The number of pyridine rings is 1. The van der Waals surface area contributed by atoms with Crippen molar-refractivity contribution in [2.75, 3.05) is 5.32 Å². The van der Waals surface area contributed by atoms with Crippen LogP contribution in [-0.2, 0) is 14.8 Å². The number of nitrogens with zero attached hydrogens (tertiary/aromatic N) is 3. The largest absolute Gasteiger partial charge is 0.324 e. The monoisotopic (exact) mass is 487 g/mol. The van der Waals surface area contributed by atoms with Gasteiger partial charge in [-0.15, -0.1) is 0 Å². The highest BCUT2D eigenvalue weighted by atomic mass is 32.2. The molecule has 178 valence electrons. The van der Waals surface area contributed by atoms with E-state index in [1.807, 2.05) is 66.2 Å². The van der Waals surface area contributed by atoms with Crippen LogP contribution in [0.2, 0.25) is 0 Å². The van der Waals surface area contributed by atoms with E-state index < -0.39 is 16.1 Å². The van der Waals surface area contributed by atoms with E-state index >= 15 is 0 Å². The second kappa shape index (κ2) is 9.34. The number of carbonyl (C=O) groups excluding carboxylic acids is 1. The number of hydrogen-bond donors (Lipinski definition) is 2. The molecule has 3 heterocycles. The van der Waals surface area contributed by atoms with E-state index in [1.165, 1.54) is 6.07 Å². The summed E-state index contributed by atoms with van der Waals surface area (Å²) < 4.78 is 29.3. The van der Waals surface area contributed by atoms with E-state index in [1.54, 1.807) is 18.2 Å². The molecule has 9 heteroatoms. The molecule has 0 saturated carbocycles. The van der Waals surface area contributed by atoms with Crippen LogP contribution in [0.25, 0.3) is 16.9 Å². The Morgan fingerprint density at radius 1 is 1.09 bits per heavy atom. The smallest absolute Gasteiger partial charge is 0.263 e. The molecule has 1 aliphatic heterocycles. The number of hydrogen-bond acceptors (Lipinski definition) is 5. The normalized spacial score (nSPS) is 16.1. The van der Waals surface area contributed by atoms with Gasteiger partial charge in [0.2, 0.25) is 5.91 Å². The third kappa shape index (κ3) is 4.67. The molecule has 0 bridgehead atoms. The van der Waals surface area contributed by atoms with E-state index in [0.717, 1.165) is 29.7 Å². The molecular formula is C26H25N5O3S. The number of amides is 1. The van der Waals surface area contributed by atoms with Gasteiger partial charge in [0.15, 0.2) is 0 Å². The van der Waals surface area contributed by atoms with Crippen LogP contribution < -0.4 is 10.0 Å². The summed E-state index contributed by atoms with van der Waals surface area (Å²) in [5.41, 5.74) is 3.76. The molecule has 2 aromatic heterocycles. The molecule has 1 atom stereocenters. The first-order chi connectivity index (χ1) is 16.9. The number of anilines is 1. The summed E-state index contributed by atoms with van der Waals surface area (Å²) >= 11 is 0. The van der Waals surface area contributed by atoms with Crippen molar-refractivity contribution in [2.45, 2.75) is 37.1 Å². The second-order valence-electron chi connectivity index (χ2n) is 8.40. The third-order valence-electron chi connectivity index (χ3n) is 5.89. The molecule has 0 spiro atoms. The van der Waals surface area contributed by atoms with Crippen LogP contribution in [0.3, 0.4) is 0 Å². The summed E-state index contributed by atoms with van der Waals surface area (Å²) in [6.45, 7) is 2.04. The second-order valence-corrected chi connectivity index (χ2v) is 10.0. The average molecular weight is 488 g/mol. The lowest BCUT2D eigenvalue weighted by atomic mass is 10.1. The van der Waals surface area contributed by atoms with Gasteiger partial charge in [0.05, 0.1) is 10.6 Å². The molecule has 2 N–H and O–H groups in total. The van der Waals surface area contributed by atoms with Gasteiger partial charge in [0.25, 0.3) is 10.0 Å². The van der Waals surface area contributed by atoms with Gasteiger partial charge in [-0.25, -0.2) is 13.4 Å². The number of fused-ring (bicyclic) bond motifs is 2. The standard InChI is InChI=1S/C26H25N5O3S/c1-2-3-9-21(29-25-20-8-4-5-10-23(20)35(33,34)30-25)26(32)27-19-14-12-18(13-15-19)22-17-31-16-7-6-11-24(31)28-22/h4-8,10-17,21H,2-3,9H2,1H3,(H,27,32)(H,29,30). The number of nitrogens with one attached hydrogen (secondary N) is 2. The quantitative estimate of drug-likeness (QED) is 0.407. The predicted octanol–water partition coefficient (Wildman–Crippen LogP) is 4.24. The molecule has 5 rings (SSSR count). The Morgan fingerprint density at radius 2 is 1.86 bits per heavy atom. The van der Waals surface area contributed by atoms with Gasteiger partial charge in [0, 0.05) is 29.2 Å². The van der Waals surface area contributed by atoms with Crippen molar-refractivity contribution in [3.63, 3.8) is 0 Å². The first kappa shape index (κ1) is 22.8. The van der Waals surface area contributed by atoms with E-state index in [4.69, 9.17) is 0 Å². The highest BCUT2D eigenvalue weighted by Crippen LogP contribution is 2.24. The Morgan fingerprint density at radius 3 is 2.63 bits per heavy atom. The zero-order valence-electron chi connectivity index (χ0n) is 19.2. The van der Waals surface area contributed by atoms with Gasteiger partial charge in [-0.2, -0.15) is 0 Å². The van der Waals surface area contributed by atoms with Gasteiger partial charge in [-0.05, 0) is 42.8 Å². The fourth-order valence-corrected chi connectivity index (χ4v) is 5.30. The summed E-state index contributed by atoms with van der Waals surface area (Å²) in [6.07, 6.45) is 6.09. The molecule has 1 unspecified atom stereocenters. The van der Waals surface area contributed by atoms with E-state index in [-0.39, 0.29) is 16.6 Å². The van der Waals surface area contributed by atoms with Crippen LogP contribution >= 0.6 is 0 Å². The maximum atomic E-state index is 13.1. The number of aliphatic imine (C=N–C) groups is 1. The van der Waals surface area contributed by atoms with E-state index in [2.05, 4.69) is 20.0 Å². The molecule has 0 radical (unpaired) electrons. The topological polar surface area (TPSA) is 105 Å². The maximum absolute atomic E-state index is 13.1.